The predicted octanol–water partition coefficient (Wildman–Crippen LogP) is 4.68. The minimum absolute atomic E-state index is 0.185. The Bertz CT molecular complexity index is 1030. The van der Waals surface area contributed by atoms with Crippen LogP contribution in [0.3, 0.4) is 0 Å². The first kappa shape index (κ1) is 18.0. The maximum atomic E-state index is 12.8. The first-order chi connectivity index (χ1) is 13.0. The molecule has 0 N–H and O–H groups in total. The molecular formula is C21H18ClNO3S. The van der Waals surface area contributed by atoms with Crippen LogP contribution in [0.4, 0.5) is 0 Å². The van der Waals surface area contributed by atoms with Gasteiger partial charge in [0.05, 0.1) is 5.02 Å². The van der Waals surface area contributed by atoms with Crippen molar-refractivity contribution in [2.75, 3.05) is 6.54 Å². The third-order valence-corrected chi connectivity index (χ3v) is 6.45. The van der Waals surface area contributed by atoms with Crippen LogP contribution >= 0.6 is 22.9 Å². The lowest BCUT2D eigenvalue weighted by atomic mass is 9.99. The number of nitrogens with zero attached hydrogens (tertiary/aromatic N) is 1. The molecule has 27 heavy (non-hydrogen) atoms. The van der Waals surface area contributed by atoms with Crippen LogP contribution in [0, 0.1) is 0 Å². The number of carbonyl (C=O) groups is 2. The number of ether oxygens (including phenoxy) is 1. The van der Waals surface area contributed by atoms with E-state index in [9.17, 15) is 9.59 Å². The highest BCUT2D eigenvalue weighted by molar-refractivity contribution is 7.21. The quantitative estimate of drug-likeness (QED) is 0.600. The van der Waals surface area contributed by atoms with E-state index in [0.29, 0.717) is 23.0 Å². The fraction of sp³-hybridized carbons (Fsp3) is 0.238. The minimum Gasteiger partial charge on any atom is -0.448 e. The van der Waals surface area contributed by atoms with Crippen LogP contribution in [0.5, 0.6) is 0 Å². The Morgan fingerprint density at radius 3 is 2.59 bits per heavy atom. The van der Waals surface area contributed by atoms with Gasteiger partial charge in [-0.25, -0.2) is 4.79 Å². The van der Waals surface area contributed by atoms with Crippen LogP contribution in [-0.2, 0) is 22.5 Å². The molecule has 0 bridgehead atoms. The van der Waals surface area contributed by atoms with Crippen molar-refractivity contribution in [2.45, 2.75) is 26.0 Å². The molecule has 2 heterocycles. The summed E-state index contributed by atoms with van der Waals surface area (Å²) in [6.45, 7) is 2.78. The summed E-state index contributed by atoms with van der Waals surface area (Å²) in [4.78, 5) is 27.4. The molecule has 138 valence electrons. The van der Waals surface area contributed by atoms with Crippen molar-refractivity contribution in [1.82, 2.24) is 4.90 Å². The zero-order valence-electron chi connectivity index (χ0n) is 14.8. The van der Waals surface area contributed by atoms with Gasteiger partial charge >= 0.3 is 5.97 Å². The molecule has 1 aliphatic rings. The predicted molar refractivity (Wildman–Crippen MR) is 107 cm³/mol. The van der Waals surface area contributed by atoms with Crippen molar-refractivity contribution >= 4 is 44.9 Å². The van der Waals surface area contributed by atoms with E-state index in [0.717, 1.165) is 22.1 Å². The Morgan fingerprint density at radius 1 is 1.11 bits per heavy atom. The molecule has 0 saturated heterocycles. The molecule has 1 atom stereocenters. The molecule has 0 spiro atoms. The lowest BCUT2D eigenvalue weighted by Crippen LogP contribution is -2.42. The van der Waals surface area contributed by atoms with Crippen molar-refractivity contribution < 1.29 is 14.3 Å². The largest absolute Gasteiger partial charge is 0.448 e. The number of hydrogen-bond donors (Lipinski definition) is 0. The van der Waals surface area contributed by atoms with Crippen LogP contribution in [0.25, 0.3) is 10.1 Å². The van der Waals surface area contributed by atoms with Crippen molar-refractivity contribution in [3.8, 4) is 0 Å². The zero-order valence-corrected chi connectivity index (χ0v) is 16.3. The highest BCUT2D eigenvalue weighted by atomic mass is 35.5. The standard InChI is InChI=1S/C21H18ClNO3S/c1-13(20(24)23-11-10-14-6-2-3-7-15(14)12-23)26-21(25)19-18(22)16-8-4-5-9-17(16)27-19/h2-9,13H,10-12H2,1H3/t13-/m0/s1. The van der Waals surface area contributed by atoms with E-state index >= 15 is 0 Å². The highest BCUT2D eigenvalue weighted by Crippen LogP contribution is 2.35. The summed E-state index contributed by atoms with van der Waals surface area (Å²) in [6, 6.07) is 15.6. The molecule has 4 nitrogen and oxygen atoms in total. The molecule has 0 saturated carbocycles. The van der Waals surface area contributed by atoms with Gasteiger partial charge in [0.1, 0.15) is 4.88 Å². The summed E-state index contributed by atoms with van der Waals surface area (Å²) in [5.74, 6) is -0.741. The lowest BCUT2D eigenvalue weighted by Gasteiger charge is -2.30. The molecule has 1 aliphatic heterocycles. The van der Waals surface area contributed by atoms with Gasteiger partial charge < -0.3 is 9.64 Å². The molecular weight excluding hydrogens is 382 g/mol. The molecule has 0 fully saturated rings. The fourth-order valence-corrected chi connectivity index (χ4v) is 4.74. The lowest BCUT2D eigenvalue weighted by molar-refractivity contribution is -0.140. The summed E-state index contributed by atoms with van der Waals surface area (Å²) in [6.07, 6.45) is -0.0471. The number of carbonyl (C=O) groups excluding carboxylic acids is 2. The summed E-state index contributed by atoms with van der Waals surface area (Å²) in [5, 5.41) is 1.20. The topological polar surface area (TPSA) is 46.6 Å². The number of benzene rings is 2. The van der Waals surface area contributed by atoms with Crippen molar-refractivity contribution in [2.24, 2.45) is 0 Å². The van der Waals surface area contributed by atoms with Crippen molar-refractivity contribution in [3.63, 3.8) is 0 Å². The zero-order chi connectivity index (χ0) is 19.0. The molecule has 6 heteroatoms. The maximum Gasteiger partial charge on any atom is 0.350 e. The Kier molecular flexibility index (Phi) is 4.89. The average Bonchev–Trinajstić information content (AvgIpc) is 3.04. The molecule has 2 aromatic carbocycles. The van der Waals surface area contributed by atoms with E-state index in [1.54, 1.807) is 11.8 Å². The number of fused-ring (bicyclic) bond motifs is 2. The molecule has 0 aliphatic carbocycles. The number of rotatable bonds is 3. The summed E-state index contributed by atoms with van der Waals surface area (Å²) < 4.78 is 6.36. The van der Waals surface area contributed by atoms with Gasteiger partial charge in [0.2, 0.25) is 0 Å². The molecule has 4 rings (SSSR count). The number of amides is 1. The SMILES string of the molecule is C[C@H](OC(=O)c1sc2ccccc2c1Cl)C(=O)N1CCc2ccccc2C1. The van der Waals surface area contributed by atoms with E-state index in [1.807, 2.05) is 42.5 Å². The number of hydrogen-bond acceptors (Lipinski definition) is 4. The second-order valence-electron chi connectivity index (χ2n) is 6.57. The Morgan fingerprint density at radius 2 is 1.81 bits per heavy atom. The Hall–Kier alpha value is -2.37. The summed E-state index contributed by atoms with van der Waals surface area (Å²) >= 11 is 7.61. The van der Waals surface area contributed by atoms with E-state index in [1.165, 1.54) is 16.9 Å². The van der Waals surface area contributed by atoms with Gasteiger partial charge in [-0.05, 0) is 30.5 Å². The first-order valence-electron chi connectivity index (χ1n) is 8.78. The summed E-state index contributed by atoms with van der Waals surface area (Å²) in [5.41, 5.74) is 2.41. The molecule has 0 radical (unpaired) electrons. The highest BCUT2D eigenvalue weighted by Gasteiger charge is 2.28. The van der Waals surface area contributed by atoms with Gasteiger partial charge in [0.15, 0.2) is 6.10 Å². The number of thiophene rings is 1. The Labute approximate surface area is 166 Å². The fourth-order valence-electron chi connectivity index (χ4n) is 3.35. The van der Waals surface area contributed by atoms with Crippen LogP contribution < -0.4 is 0 Å². The van der Waals surface area contributed by atoms with Crippen LogP contribution in [0.2, 0.25) is 5.02 Å². The average molecular weight is 400 g/mol. The van der Waals surface area contributed by atoms with Gasteiger partial charge in [-0.2, -0.15) is 0 Å². The van der Waals surface area contributed by atoms with Crippen molar-refractivity contribution in [3.05, 3.63) is 69.6 Å². The molecule has 3 aromatic rings. The third kappa shape index (κ3) is 3.45. The minimum atomic E-state index is -0.857. The number of esters is 1. The number of halogens is 1. The van der Waals surface area contributed by atoms with Gasteiger partial charge in [0.25, 0.3) is 5.91 Å². The van der Waals surface area contributed by atoms with Gasteiger partial charge in [-0.1, -0.05) is 54.1 Å². The van der Waals surface area contributed by atoms with Crippen LogP contribution in [-0.4, -0.2) is 29.4 Å². The monoisotopic (exact) mass is 399 g/mol. The van der Waals surface area contributed by atoms with E-state index in [2.05, 4.69) is 6.07 Å². The first-order valence-corrected chi connectivity index (χ1v) is 9.97. The third-order valence-electron chi connectivity index (χ3n) is 4.79. The summed E-state index contributed by atoms with van der Waals surface area (Å²) in [7, 11) is 0. The van der Waals surface area contributed by atoms with E-state index < -0.39 is 12.1 Å². The second-order valence-corrected chi connectivity index (χ2v) is 8.00. The smallest absolute Gasteiger partial charge is 0.350 e. The maximum absolute atomic E-state index is 12.8. The van der Waals surface area contributed by atoms with E-state index in [-0.39, 0.29) is 5.91 Å². The second kappa shape index (κ2) is 7.33. The van der Waals surface area contributed by atoms with E-state index in [4.69, 9.17) is 16.3 Å². The van der Waals surface area contributed by atoms with Crippen LogP contribution in [0.15, 0.2) is 48.5 Å². The Balaban J connectivity index is 1.47. The van der Waals surface area contributed by atoms with Crippen molar-refractivity contribution in [1.29, 1.82) is 0 Å². The van der Waals surface area contributed by atoms with Gasteiger partial charge in [-0.15, -0.1) is 11.3 Å². The van der Waals surface area contributed by atoms with Gasteiger partial charge in [0, 0.05) is 23.2 Å². The van der Waals surface area contributed by atoms with Gasteiger partial charge in [-0.3, -0.25) is 4.79 Å². The normalized spacial score (nSPS) is 14.7. The molecule has 0 unspecified atom stereocenters. The van der Waals surface area contributed by atoms with Crippen LogP contribution in [0.1, 0.15) is 27.7 Å². The molecule has 1 aromatic heterocycles. The molecule has 1 amide bonds.